The normalized spacial score (nSPS) is 11.1. The van der Waals surface area contributed by atoms with Crippen molar-refractivity contribution in [2.75, 3.05) is 0 Å². The molecule has 0 spiro atoms. The molecule has 0 bridgehead atoms. The Morgan fingerprint density at radius 2 is 1.44 bits per heavy atom. The van der Waals surface area contributed by atoms with Gasteiger partial charge in [0.1, 0.15) is 0 Å². The van der Waals surface area contributed by atoms with Crippen LogP contribution < -0.4 is 0 Å². The molecule has 0 aliphatic heterocycles. The standard InChI is InChI=1S/C14H8Cl3N/c15-9-3-1-8(2-4-9)13-7-10-11(16)5-6-12(17)14(10)18-13/h1-7,18H. The molecule has 3 rings (SSSR count). The Hall–Kier alpha value is -1.15. The largest absolute Gasteiger partial charge is 0.353 e. The van der Waals surface area contributed by atoms with Crippen molar-refractivity contribution in [1.29, 1.82) is 0 Å². The summed E-state index contributed by atoms with van der Waals surface area (Å²) in [6.45, 7) is 0. The summed E-state index contributed by atoms with van der Waals surface area (Å²) in [6.07, 6.45) is 0. The maximum Gasteiger partial charge on any atom is 0.0663 e. The van der Waals surface area contributed by atoms with Gasteiger partial charge in [0, 0.05) is 16.1 Å². The first-order valence-electron chi connectivity index (χ1n) is 5.38. The van der Waals surface area contributed by atoms with E-state index in [0.717, 1.165) is 22.2 Å². The number of hydrogen-bond donors (Lipinski definition) is 1. The molecule has 2 aromatic carbocycles. The third-order valence-electron chi connectivity index (χ3n) is 2.85. The van der Waals surface area contributed by atoms with Gasteiger partial charge in [-0.05, 0) is 35.9 Å². The van der Waals surface area contributed by atoms with Crippen LogP contribution in [0.3, 0.4) is 0 Å². The Kier molecular flexibility index (Phi) is 2.98. The van der Waals surface area contributed by atoms with Gasteiger partial charge in [-0.25, -0.2) is 0 Å². The third kappa shape index (κ3) is 1.99. The quantitative estimate of drug-likeness (QED) is 0.584. The Morgan fingerprint density at radius 3 is 2.11 bits per heavy atom. The first-order chi connectivity index (χ1) is 8.65. The van der Waals surface area contributed by atoms with Gasteiger partial charge >= 0.3 is 0 Å². The van der Waals surface area contributed by atoms with E-state index < -0.39 is 0 Å². The molecule has 3 aromatic rings. The lowest BCUT2D eigenvalue weighted by molar-refractivity contribution is 1.45. The summed E-state index contributed by atoms with van der Waals surface area (Å²) in [6, 6.07) is 13.2. The van der Waals surface area contributed by atoms with Crippen LogP contribution in [0.15, 0.2) is 42.5 Å². The minimum absolute atomic E-state index is 0.662. The highest BCUT2D eigenvalue weighted by molar-refractivity contribution is 6.40. The Labute approximate surface area is 119 Å². The van der Waals surface area contributed by atoms with Crippen molar-refractivity contribution in [3.05, 3.63) is 57.5 Å². The molecule has 0 radical (unpaired) electrons. The predicted molar refractivity (Wildman–Crippen MR) is 78.8 cm³/mol. The highest BCUT2D eigenvalue weighted by Gasteiger charge is 2.09. The van der Waals surface area contributed by atoms with Gasteiger partial charge in [-0.15, -0.1) is 0 Å². The SMILES string of the molecule is Clc1ccc(-c2cc3c(Cl)ccc(Cl)c3[nH]2)cc1. The second kappa shape index (κ2) is 4.51. The van der Waals surface area contributed by atoms with E-state index in [0.29, 0.717) is 15.1 Å². The van der Waals surface area contributed by atoms with Crippen LogP contribution in [-0.2, 0) is 0 Å². The second-order valence-corrected chi connectivity index (χ2v) is 5.26. The third-order valence-corrected chi connectivity index (χ3v) is 3.74. The second-order valence-electron chi connectivity index (χ2n) is 4.01. The van der Waals surface area contributed by atoms with Crippen LogP contribution in [-0.4, -0.2) is 4.98 Å². The molecular formula is C14H8Cl3N. The molecule has 1 N–H and O–H groups in total. The highest BCUT2D eigenvalue weighted by atomic mass is 35.5. The van der Waals surface area contributed by atoms with Crippen molar-refractivity contribution in [1.82, 2.24) is 4.98 Å². The number of rotatable bonds is 1. The first kappa shape index (κ1) is 11.9. The maximum atomic E-state index is 6.16. The van der Waals surface area contributed by atoms with Crippen molar-refractivity contribution in [3.63, 3.8) is 0 Å². The number of benzene rings is 2. The molecule has 0 saturated heterocycles. The number of aromatic nitrogens is 1. The van der Waals surface area contributed by atoms with Gasteiger partial charge < -0.3 is 4.98 Å². The molecular weight excluding hydrogens is 289 g/mol. The van der Waals surface area contributed by atoms with Crippen molar-refractivity contribution < 1.29 is 0 Å². The summed E-state index contributed by atoms with van der Waals surface area (Å²) >= 11 is 18.2. The summed E-state index contributed by atoms with van der Waals surface area (Å²) in [4.78, 5) is 3.28. The monoisotopic (exact) mass is 295 g/mol. The number of H-pyrrole nitrogens is 1. The minimum Gasteiger partial charge on any atom is -0.353 e. The molecule has 18 heavy (non-hydrogen) atoms. The van der Waals surface area contributed by atoms with Gasteiger partial charge in [-0.3, -0.25) is 0 Å². The number of aromatic amines is 1. The smallest absolute Gasteiger partial charge is 0.0663 e. The minimum atomic E-state index is 0.662. The van der Waals surface area contributed by atoms with Crippen LogP contribution in [0, 0.1) is 0 Å². The number of halogens is 3. The average molecular weight is 297 g/mol. The molecule has 0 aliphatic rings. The summed E-state index contributed by atoms with van der Waals surface area (Å²) in [7, 11) is 0. The van der Waals surface area contributed by atoms with Crippen LogP contribution in [0.2, 0.25) is 15.1 Å². The lowest BCUT2D eigenvalue weighted by Crippen LogP contribution is -1.76. The van der Waals surface area contributed by atoms with Gasteiger partial charge in [-0.2, -0.15) is 0 Å². The topological polar surface area (TPSA) is 15.8 Å². The van der Waals surface area contributed by atoms with E-state index in [1.807, 2.05) is 30.3 Å². The summed E-state index contributed by atoms with van der Waals surface area (Å²) < 4.78 is 0. The van der Waals surface area contributed by atoms with Crippen LogP contribution in [0.5, 0.6) is 0 Å². The molecule has 0 fully saturated rings. The predicted octanol–water partition coefficient (Wildman–Crippen LogP) is 5.80. The van der Waals surface area contributed by atoms with Crippen molar-refractivity contribution in [3.8, 4) is 11.3 Å². The van der Waals surface area contributed by atoms with Crippen molar-refractivity contribution in [2.45, 2.75) is 0 Å². The van der Waals surface area contributed by atoms with E-state index in [1.54, 1.807) is 12.1 Å². The zero-order chi connectivity index (χ0) is 12.7. The van der Waals surface area contributed by atoms with Crippen molar-refractivity contribution >= 4 is 45.7 Å². The number of nitrogens with one attached hydrogen (secondary N) is 1. The molecule has 90 valence electrons. The van der Waals surface area contributed by atoms with E-state index >= 15 is 0 Å². The Morgan fingerprint density at radius 1 is 0.778 bits per heavy atom. The van der Waals surface area contributed by atoms with E-state index in [2.05, 4.69) is 4.98 Å². The summed E-state index contributed by atoms with van der Waals surface area (Å²) in [5.41, 5.74) is 2.87. The molecule has 1 heterocycles. The molecule has 0 saturated carbocycles. The van der Waals surface area contributed by atoms with E-state index in [1.165, 1.54) is 0 Å². The first-order valence-corrected chi connectivity index (χ1v) is 6.51. The molecule has 4 heteroatoms. The van der Waals surface area contributed by atoms with E-state index in [9.17, 15) is 0 Å². The average Bonchev–Trinajstić information content (AvgIpc) is 2.81. The molecule has 1 aromatic heterocycles. The molecule has 0 aliphatic carbocycles. The van der Waals surface area contributed by atoms with Crippen LogP contribution >= 0.6 is 34.8 Å². The zero-order valence-corrected chi connectivity index (χ0v) is 11.4. The lowest BCUT2D eigenvalue weighted by atomic mass is 10.1. The Balaban J connectivity index is 2.22. The molecule has 0 atom stereocenters. The number of hydrogen-bond acceptors (Lipinski definition) is 0. The highest BCUT2D eigenvalue weighted by Crippen LogP contribution is 2.33. The molecule has 1 nitrogen and oxygen atoms in total. The molecule has 0 unspecified atom stereocenters. The van der Waals surface area contributed by atoms with Gasteiger partial charge in [0.15, 0.2) is 0 Å². The van der Waals surface area contributed by atoms with Gasteiger partial charge in [0.05, 0.1) is 15.6 Å². The van der Waals surface area contributed by atoms with Crippen molar-refractivity contribution in [2.24, 2.45) is 0 Å². The number of fused-ring (bicyclic) bond motifs is 1. The summed E-state index contributed by atoms with van der Waals surface area (Å²) in [5.74, 6) is 0. The fourth-order valence-corrected chi connectivity index (χ4v) is 2.49. The van der Waals surface area contributed by atoms with Crippen LogP contribution in [0.4, 0.5) is 0 Å². The zero-order valence-electron chi connectivity index (χ0n) is 9.18. The van der Waals surface area contributed by atoms with Crippen LogP contribution in [0.1, 0.15) is 0 Å². The lowest BCUT2D eigenvalue weighted by Gasteiger charge is -1.97. The van der Waals surface area contributed by atoms with E-state index in [4.69, 9.17) is 34.8 Å². The van der Waals surface area contributed by atoms with Gasteiger partial charge in [0.2, 0.25) is 0 Å². The van der Waals surface area contributed by atoms with Gasteiger partial charge in [-0.1, -0.05) is 46.9 Å². The van der Waals surface area contributed by atoms with Crippen LogP contribution in [0.25, 0.3) is 22.2 Å². The Bertz CT molecular complexity index is 675. The maximum absolute atomic E-state index is 6.16. The fourth-order valence-electron chi connectivity index (χ4n) is 1.94. The molecule has 0 amide bonds. The van der Waals surface area contributed by atoms with Gasteiger partial charge in [0.25, 0.3) is 0 Å². The van der Waals surface area contributed by atoms with E-state index in [-0.39, 0.29) is 0 Å². The summed E-state index contributed by atoms with van der Waals surface area (Å²) in [5, 5.41) is 2.99. The fraction of sp³-hybridized carbons (Fsp3) is 0.